The fraction of sp³-hybridized carbons (Fsp3) is 0. The Hall–Kier alpha value is -4.01. The topological polar surface area (TPSA) is 181 Å². The van der Waals surface area contributed by atoms with Crippen LogP contribution in [-0.2, 0) is 17.1 Å². The molecule has 0 saturated heterocycles. The third kappa shape index (κ3) is 8.90. The molecule has 0 amide bonds. The van der Waals surface area contributed by atoms with E-state index in [9.17, 15) is 14.4 Å². The normalized spacial score (nSPS) is 8.90. The number of rotatable bonds is 3. The Labute approximate surface area is 186 Å². The summed E-state index contributed by atoms with van der Waals surface area (Å²) in [4.78, 5) is 31.1. The smallest absolute Gasteiger partial charge is 0.552 e. The molecule has 0 unspecified atom stereocenters. The van der Waals surface area contributed by atoms with Gasteiger partial charge in [-0.05, 0) is 36.4 Å². The van der Waals surface area contributed by atoms with Crippen molar-refractivity contribution < 1.29 is 62.1 Å². The van der Waals surface area contributed by atoms with E-state index in [2.05, 4.69) is 0 Å². The molecule has 1 radical (unpaired) electrons. The minimum Gasteiger partial charge on any atom is -0.561 e. The SMILES string of the molecule is O=C([OH2+])c1ccccc1O.O=C([OH2+])c1ccccc1O.O=C([OH2+])c1ccccc1O.[Cu]. The van der Waals surface area contributed by atoms with Gasteiger partial charge in [0.05, 0.1) is 0 Å². The second-order valence-electron chi connectivity index (χ2n) is 5.54. The van der Waals surface area contributed by atoms with E-state index < -0.39 is 17.9 Å². The van der Waals surface area contributed by atoms with Crippen molar-refractivity contribution in [1.82, 2.24) is 0 Å². The Morgan fingerprint density at radius 1 is 0.484 bits per heavy atom. The molecular weight excluding hydrogens is 460 g/mol. The zero-order valence-electron chi connectivity index (χ0n) is 15.8. The monoisotopic (exact) mass is 480 g/mol. The van der Waals surface area contributed by atoms with E-state index in [0.717, 1.165) is 0 Å². The molecule has 0 fully saturated rings. The van der Waals surface area contributed by atoms with Crippen LogP contribution in [0.1, 0.15) is 31.1 Å². The summed E-state index contributed by atoms with van der Waals surface area (Å²) in [6.07, 6.45) is 0. The Morgan fingerprint density at radius 3 is 0.806 bits per heavy atom. The van der Waals surface area contributed by atoms with Crippen molar-refractivity contribution in [3.05, 3.63) is 89.5 Å². The van der Waals surface area contributed by atoms with Gasteiger partial charge in [-0.15, -0.1) is 0 Å². The van der Waals surface area contributed by atoms with Gasteiger partial charge >= 0.3 is 17.9 Å². The van der Waals surface area contributed by atoms with Crippen LogP contribution in [0.3, 0.4) is 0 Å². The average Bonchev–Trinajstić information content (AvgIpc) is 2.69. The van der Waals surface area contributed by atoms with E-state index in [0.29, 0.717) is 0 Å². The molecule has 0 heterocycles. The summed E-state index contributed by atoms with van der Waals surface area (Å²) in [6, 6.07) is 17.9. The number of hydrogen-bond acceptors (Lipinski definition) is 6. The minimum absolute atomic E-state index is 0. The molecule has 31 heavy (non-hydrogen) atoms. The molecule has 0 atom stereocenters. The first-order chi connectivity index (χ1) is 14.1. The molecule has 0 spiro atoms. The first kappa shape index (κ1) is 27.0. The van der Waals surface area contributed by atoms with Gasteiger partial charge in [0.15, 0.2) is 16.7 Å². The molecule has 0 aromatic heterocycles. The van der Waals surface area contributed by atoms with Gasteiger partial charge in [0.2, 0.25) is 0 Å². The van der Waals surface area contributed by atoms with Gasteiger partial charge in [0, 0.05) is 31.5 Å². The summed E-state index contributed by atoms with van der Waals surface area (Å²) in [5.74, 6) is -3.00. The van der Waals surface area contributed by atoms with Crippen LogP contribution in [0.5, 0.6) is 17.2 Å². The quantitative estimate of drug-likeness (QED) is 0.367. The maximum absolute atomic E-state index is 10.4. The third-order valence-electron chi connectivity index (χ3n) is 3.45. The summed E-state index contributed by atoms with van der Waals surface area (Å²) in [7, 11) is 0. The molecule has 167 valence electrons. The fourth-order valence-electron chi connectivity index (χ4n) is 2.00. The minimum atomic E-state index is -0.863. The summed E-state index contributed by atoms with van der Waals surface area (Å²) >= 11 is 0. The Morgan fingerprint density at radius 2 is 0.677 bits per heavy atom. The molecule has 0 aliphatic carbocycles. The van der Waals surface area contributed by atoms with Crippen LogP contribution < -0.4 is 0 Å². The predicted molar refractivity (Wildman–Crippen MR) is 108 cm³/mol. The van der Waals surface area contributed by atoms with E-state index in [1.807, 2.05) is 0 Å². The molecule has 3 aromatic rings. The summed E-state index contributed by atoms with van der Waals surface area (Å²) in [5, 5.41) is 46.8. The van der Waals surface area contributed by atoms with Gasteiger partial charge in [-0.25, -0.2) is 0 Å². The van der Waals surface area contributed by atoms with Crippen LogP contribution in [0.4, 0.5) is 0 Å². The van der Waals surface area contributed by atoms with Crippen molar-refractivity contribution in [2.75, 3.05) is 0 Å². The average molecular weight is 481 g/mol. The number of phenolic OH excluding ortho intramolecular Hbond substituents is 3. The number of phenols is 3. The van der Waals surface area contributed by atoms with Crippen molar-refractivity contribution >= 4 is 17.9 Å². The number of aromatic hydroxyl groups is 3. The molecule has 0 aliphatic heterocycles. The summed E-state index contributed by atoms with van der Waals surface area (Å²) in [6.45, 7) is 0. The van der Waals surface area contributed by atoms with Crippen molar-refractivity contribution in [3.63, 3.8) is 0 Å². The van der Waals surface area contributed by atoms with E-state index in [-0.39, 0.29) is 51.0 Å². The Balaban J connectivity index is 0.000000429. The number of carbonyl (C=O) groups is 3. The Bertz CT molecular complexity index is 903. The zero-order valence-corrected chi connectivity index (χ0v) is 16.7. The fourth-order valence-corrected chi connectivity index (χ4v) is 2.00. The van der Waals surface area contributed by atoms with Gasteiger partial charge in [-0.3, -0.25) is 0 Å². The van der Waals surface area contributed by atoms with Gasteiger partial charge in [0.1, 0.15) is 17.2 Å². The van der Waals surface area contributed by atoms with Gasteiger partial charge in [0.25, 0.3) is 0 Å². The van der Waals surface area contributed by atoms with Crippen LogP contribution in [-0.4, -0.2) is 48.5 Å². The molecule has 0 saturated carbocycles. The largest absolute Gasteiger partial charge is 0.561 e. The first-order valence-electron chi connectivity index (χ1n) is 8.27. The van der Waals surface area contributed by atoms with Crippen LogP contribution >= 0.6 is 0 Å². The van der Waals surface area contributed by atoms with Gasteiger partial charge in [-0.2, -0.15) is 0 Å². The predicted octanol–water partition coefficient (Wildman–Crippen LogP) is 0.768. The van der Waals surface area contributed by atoms with E-state index in [1.54, 1.807) is 36.4 Å². The molecule has 9 N–H and O–H groups in total. The zero-order chi connectivity index (χ0) is 22.7. The van der Waals surface area contributed by atoms with Crippen molar-refractivity contribution in [1.29, 1.82) is 0 Å². The van der Waals surface area contributed by atoms with Crippen molar-refractivity contribution in [2.24, 2.45) is 0 Å². The van der Waals surface area contributed by atoms with Crippen LogP contribution in [0.15, 0.2) is 72.8 Å². The second kappa shape index (κ2) is 13.3. The molecule has 3 rings (SSSR count). The van der Waals surface area contributed by atoms with Crippen molar-refractivity contribution in [3.8, 4) is 17.2 Å². The summed E-state index contributed by atoms with van der Waals surface area (Å²) < 4.78 is 0. The number of carbonyl (C=O) groups excluding carboxylic acids is 3. The summed E-state index contributed by atoms with van der Waals surface area (Å²) in [5.41, 5.74) is 0.132. The molecule has 0 bridgehead atoms. The van der Waals surface area contributed by atoms with Crippen molar-refractivity contribution in [2.45, 2.75) is 0 Å². The third-order valence-corrected chi connectivity index (χ3v) is 3.45. The van der Waals surface area contributed by atoms with Gasteiger partial charge in [-0.1, -0.05) is 36.4 Å². The van der Waals surface area contributed by atoms with E-state index in [4.69, 9.17) is 30.6 Å². The number of hydrogen-bond donors (Lipinski definition) is 3. The number of para-hydroxylation sites is 3. The standard InChI is InChI=1S/3C7H6O3.Cu/c3*8-6-4-2-1-3-5(6)7(9)10;/h3*1-4,8H,(H,9,10);/p+3. The Kier molecular flexibility index (Phi) is 11.5. The molecular formula is C21H21CuO9+3. The van der Waals surface area contributed by atoms with Crippen LogP contribution in [0.25, 0.3) is 0 Å². The van der Waals surface area contributed by atoms with Crippen LogP contribution in [0, 0.1) is 0 Å². The number of benzene rings is 3. The molecule has 3 aromatic carbocycles. The molecule has 0 aliphatic rings. The first-order valence-corrected chi connectivity index (χ1v) is 8.27. The van der Waals surface area contributed by atoms with Gasteiger partial charge < -0.3 is 30.6 Å². The van der Waals surface area contributed by atoms with E-state index >= 15 is 0 Å². The van der Waals surface area contributed by atoms with E-state index in [1.165, 1.54) is 36.4 Å². The molecule has 9 nitrogen and oxygen atoms in total. The maximum Gasteiger partial charge on any atom is 0.552 e. The maximum atomic E-state index is 10.4. The molecule has 10 heteroatoms. The van der Waals surface area contributed by atoms with Crippen LogP contribution in [0.2, 0.25) is 0 Å². The second-order valence-corrected chi connectivity index (χ2v) is 5.54.